The Kier molecular flexibility index (Phi) is 3.39. The van der Waals surface area contributed by atoms with Crippen molar-refractivity contribution in [3.63, 3.8) is 0 Å². The highest BCUT2D eigenvalue weighted by Gasteiger charge is 2.03. The van der Waals surface area contributed by atoms with Crippen LogP contribution in [0.5, 0.6) is 0 Å². The number of benzene rings is 1. The van der Waals surface area contributed by atoms with Gasteiger partial charge in [0.15, 0.2) is 0 Å². The highest BCUT2D eigenvalue weighted by molar-refractivity contribution is 8.01. The molecule has 0 nitrogen and oxygen atoms in total. The Bertz CT molecular complexity index is 424. The number of hydrogen-bond donors (Lipinski definition) is 0. The van der Waals surface area contributed by atoms with Gasteiger partial charge in [0.2, 0.25) is 0 Å². The highest BCUT2D eigenvalue weighted by atomic mass is 35.5. The number of thiophene rings is 1. The number of rotatable bonds is 2. The molecule has 0 aliphatic carbocycles. The van der Waals surface area contributed by atoms with Gasteiger partial charge in [0, 0.05) is 9.92 Å². The Labute approximate surface area is 101 Å². The quantitative estimate of drug-likeness (QED) is 0.715. The van der Waals surface area contributed by atoms with Crippen LogP contribution in [0.15, 0.2) is 44.8 Å². The molecular weight excluding hydrogens is 255 g/mol. The van der Waals surface area contributed by atoms with Gasteiger partial charge in [-0.3, -0.25) is 0 Å². The minimum absolute atomic E-state index is 0.672. The van der Waals surface area contributed by atoms with Gasteiger partial charge in [-0.25, -0.2) is 0 Å². The second-order valence-corrected chi connectivity index (χ2v) is 5.74. The summed E-state index contributed by atoms with van der Waals surface area (Å²) in [5.41, 5.74) is 0. The van der Waals surface area contributed by atoms with E-state index in [0.29, 0.717) is 10.0 Å². The van der Waals surface area contributed by atoms with E-state index < -0.39 is 0 Å². The van der Waals surface area contributed by atoms with Crippen molar-refractivity contribution in [3.8, 4) is 0 Å². The van der Waals surface area contributed by atoms with Crippen molar-refractivity contribution in [1.29, 1.82) is 0 Å². The summed E-state index contributed by atoms with van der Waals surface area (Å²) in [6, 6.07) is 9.65. The van der Waals surface area contributed by atoms with Crippen molar-refractivity contribution in [2.24, 2.45) is 0 Å². The molecule has 0 spiro atoms. The zero-order chi connectivity index (χ0) is 9.97. The van der Waals surface area contributed by atoms with Crippen molar-refractivity contribution in [2.75, 3.05) is 0 Å². The first-order chi connectivity index (χ1) is 6.75. The molecule has 0 saturated carbocycles. The summed E-state index contributed by atoms with van der Waals surface area (Å²) in [5.74, 6) is 0. The first-order valence-corrected chi connectivity index (χ1v) is 6.37. The fraction of sp³-hybridized carbons (Fsp3) is 0. The fourth-order valence-electron chi connectivity index (χ4n) is 0.988. The van der Waals surface area contributed by atoms with Crippen LogP contribution in [0.2, 0.25) is 10.0 Å². The maximum atomic E-state index is 6.05. The van der Waals surface area contributed by atoms with Gasteiger partial charge >= 0.3 is 0 Å². The zero-order valence-corrected chi connectivity index (χ0v) is 10.2. The second kappa shape index (κ2) is 4.58. The van der Waals surface area contributed by atoms with Crippen LogP contribution in [0.1, 0.15) is 0 Å². The van der Waals surface area contributed by atoms with E-state index in [1.807, 2.05) is 23.6 Å². The topological polar surface area (TPSA) is 0 Å². The van der Waals surface area contributed by atoms with E-state index in [0.717, 1.165) is 4.90 Å². The van der Waals surface area contributed by atoms with E-state index >= 15 is 0 Å². The molecule has 0 aliphatic rings. The molecule has 1 heterocycles. The van der Waals surface area contributed by atoms with E-state index in [1.54, 1.807) is 29.2 Å². The number of halogens is 2. The summed E-state index contributed by atoms with van der Waals surface area (Å²) >= 11 is 15.2. The van der Waals surface area contributed by atoms with Crippen LogP contribution in [0, 0.1) is 0 Å². The Morgan fingerprint density at radius 3 is 2.64 bits per heavy atom. The minimum atomic E-state index is 0.672. The van der Waals surface area contributed by atoms with Gasteiger partial charge in [0.05, 0.1) is 9.23 Å². The maximum absolute atomic E-state index is 6.05. The molecule has 14 heavy (non-hydrogen) atoms. The monoisotopic (exact) mass is 260 g/mol. The molecular formula is C10H6Cl2S2. The van der Waals surface area contributed by atoms with Crippen LogP contribution in [0.25, 0.3) is 0 Å². The summed E-state index contributed by atoms with van der Waals surface area (Å²) in [6.45, 7) is 0. The predicted octanol–water partition coefficient (Wildman–Crippen LogP) is 5.21. The molecule has 4 heteroatoms. The largest absolute Gasteiger partial charge is 0.137 e. The summed E-state index contributed by atoms with van der Waals surface area (Å²) in [6.07, 6.45) is 0. The van der Waals surface area contributed by atoms with Gasteiger partial charge in [-0.2, -0.15) is 0 Å². The molecule has 1 aromatic heterocycles. The summed E-state index contributed by atoms with van der Waals surface area (Å²) in [5, 5.41) is 3.42. The standard InChI is InChI=1S/C10H6Cl2S2/c11-7-3-4-9(8(12)6-7)14-10-2-1-5-13-10/h1-6H. The SMILES string of the molecule is Clc1ccc(Sc2cccs2)c(Cl)c1. The third-order valence-electron chi connectivity index (χ3n) is 1.60. The lowest BCUT2D eigenvalue weighted by atomic mass is 10.4. The molecule has 2 aromatic rings. The first kappa shape index (κ1) is 10.4. The van der Waals surface area contributed by atoms with Crippen LogP contribution in [-0.2, 0) is 0 Å². The van der Waals surface area contributed by atoms with Gasteiger partial charge in [-0.1, -0.05) is 41.0 Å². The van der Waals surface area contributed by atoms with Gasteiger partial charge in [-0.05, 0) is 29.6 Å². The van der Waals surface area contributed by atoms with Crippen molar-refractivity contribution in [3.05, 3.63) is 45.8 Å². The van der Waals surface area contributed by atoms with E-state index in [1.165, 1.54) is 4.21 Å². The zero-order valence-electron chi connectivity index (χ0n) is 7.04. The molecule has 72 valence electrons. The second-order valence-electron chi connectivity index (χ2n) is 2.61. The van der Waals surface area contributed by atoms with E-state index in [-0.39, 0.29) is 0 Å². The lowest BCUT2D eigenvalue weighted by Gasteiger charge is -2.01. The molecule has 0 N–H and O–H groups in total. The Morgan fingerprint density at radius 1 is 1.14 bits per heavy atom. The average Bonchev–Trinajstić information content (AvgIpc) is 2.62. The molecule has 2 rings (SSSR count). The molecule has 0 atom stereocenters. The summed E-state index contributed by atoms with van der Waals surface area (Å²) < 4.78 is 1.23. The molecule has 0 radical (unpaired) electrons. The van der Waals surface area contributed by atoms with E-state index in [2.05, 4.69) is 6.07 Å². The summed E-state index contributed by atoms with van der Waals surface area (Å²) in [4.78, 5) is 1.04. The van der Waals surface area contributed by atoms with Crippen LogP contribution in [0.4, 0.5) is 0 Å². The molecule has 0 aliphatic heterocycles. The van der Waals surface area contributed by atoms with Crippen molar-refractivity contribution >= 4 is 46.3 Å². The minimum Gasteiger partial charge on any atom is -0.137 e. The average molecular weight is 261 g/mol. The molecule has 0 unspecified atom stereocenters. The molecule has 0 amide bonds. The van der Waals surface area contributed by atoms with Crippen LogP contribution < -0.4 is 0 Å². The normalized spacial score (nSPS) is 10.4. The third kappa shape index (κ3) is 2.45. The third-order valence-corrected chi connectivity index (χ3v) is 4.37. The molecule has 0 saturated heterocycles. The smallest absolute Gasteiger partial charge is 0.0646 e. The predicted molar refractivity (Wildman–Crippen MR) is 64.9 cm³/mol. The fourth-order valence-corrected chi connectivity index (χ4v) is 3.24. The number of hydrogen-bond acceptors (Lipinski definition) is 2. The van der Waals surface area contributed by atoms with Gasteiger partial charge < -0.3 is 0 Å². The van der Waals surface area contributed by atoms with Crippen molar-refractivity contribution < 1.29 is 0 Å². The van der Waals surface area contributed by atoms with Crippen molar-refractivity contribution in [2.45, 2.75) is 9.10 Å². The van der Waals surface area contributed by atoms with Gasteiger partial charge in [0.25, 0.3) is 0 Å². The van der Waals surface area contributed by atoms with Crippen LogP contribution in [-0.4, -0.2) is 0 Å². The van der Waals surface area contributed by atoms with Crippen molar-refractivity contribution in [1.82, 2.24) is 0 Å². The Hall–Kier alpha value is -0.150. The summed E-state index contributed by atoms with van der Waals surface area (Å²) in [7, 11) is 0. The van der Waals surface area contributed by atoms with Gasteiger partial charge in [-0.15, -0.1) is 11.3 Å². The van der Waals surface area contributed by atoms with Crippen LogP contribution >= 0.6 is 46.3 Å². The molecule has 0 bridgehead atoms. The van der Waals surface area contributed by atoms with Gasteiger partial charge in [0.1, 0.15) is 0 Å². The van der Waals surface area contributed by atoms with Crippen LogP contribution in [0.3, 0.4) is 0 Å². The van der Waals surface area contributed by atoms with E-state index in [9.17, 15) is 0 Å². The Morgan fingerprint density at radius 2 is 2.00 bits per heavy atom. The highest BCUT2D eigenvalue weighted by Crippen LogP contribution is 2.36. The van der Waals surface area contributed by atoms with E-state index in [4.69, 9.17) is 23.2 Å². The maximum Gasteiger partial charge on any atom is 0.0646 e. The first-order valence-electron chi connectivity index (χ1n) is 3.92. The molecule has 0 fully saturated rings. The Balaban J connectivity index is 2.25. The molecule has 1 aromatic carbocycles. The lowest BCUT2D eigenvalue weighted by Crippen LogP contribution is -1.73. The lowest BCUT2D eigenvalue weighted by molar-refractivity contribution is 1.45.